The molecule has 14 heavy (non-hydrogen) atoms. The first-order chi connectivity index (χ1) is 6.29. The zero-order valence-corrected chi connectivity index (χ0v) is 9.24. The molecule has 1 aliphatic heterocycles. The van der Waals surface area contributed by atoms with Crippen LogP contribution in [0.15, 0.2) is 17.1 Å². The van der Waals surface area contributed by atoms with Crippen molar-refractivity contribution in [3.8, 4) is 0 Å². The van der Waals surface area contributed by atoms with Gasteiger partial charge in [-0.1, -0.05) is 33.8 Å². The minimum atomic E-state index is -0.451. The van der Waals surface area contributed by atoms with Crippen molar-refractivity contribution in [1.82, 2.24) is 0 Å². The molecule has 0 aromatic carbocycles. The van der Waals surface area contributed by atoms with Crippen LogP contribution >= 0.6 is 0 Å². The molecule has 1 heterocycles. The van der Waals surface area contributed by atoms with Crippen molar-refractivity contribution in [1.29, 1.82) is 0 Å². The van der Waals surface area contributed by atoms with Gasteiger partial charge in [-0.15, -0.1) is 0 Å². The number of hydrogen-bond acceptors (Lipinski definition) is 2. The van der Waals surface area contributed by atoms with Crippen molar-refractivity contribution in [3.63, 3.8) is 0 Å². The van der Waals surface area contributed by atoms with Gasteiger partial charge < -0.3 is 5.73 Å². The predicted octanol–water partition coefficient (Wildman–Crippen LogP) is 1.53. The van der Waals surface area contributed by atoms with Crippen LogP contribution in [0.4, 0.5) is 0 Å². The van der Waals surface area contributed by atoms with Gasteiger partial charge in [0.1, 0.15) is 6.04 Å². The Bertz CT molecular complexity index is 299. The van der Waals surface area contributed by atoms with E-state index in [1.807, 2.05) is 19.1 Å². The first-order valence-corrected chi connectivity index (χ1v) is 4.79. The fourth-order valence-corrected chi connectivity index (χ4v) is 1.65. The summed E-state index contributed by atoms with van der Waals surface area (Å²) in [5.74, 6) is -0.358. The second-order valence-electron chi connectivity index (χ2n) is 4.99. The molecule has 3 nitrogen and oxygen atoms in total. The van der Waals surface area contributed by atoms with Crippen molar-refractivity contribution < 1.29 is 4.79 Å². The van der Waals surface area contributed by atoms with Gasteiger partial charge in [0.25, 0.3) is 0 Å². The summed E-state index contributed by atoms with van der Waals surface area (Å²) in [7, 11) is 0. The Hall–Kier alpha value is -1.12. The molecule has 0 saturated carbocycles. The maximum Gasteiger partial charge on any atom is 0.243 e. The van der Waals surface area contributed by atoms with Crippen LogP contribution in [0.3, 0.4) is 0 Å². The summed E-state index contributed by atoms with van der Waals surface area (Å²) >= 11 is 0. The normalized spacial score (nSPS) is 31.9. The van der Waals surface area contributed by atoms with Crippen molar-refractivity contribution in [2.24, 2.45) is 21.6 Å². The Labute approximate surface area is 85.1 Å². The molecular formula is C11H18N2O. The SMILES string of the molecule is CC(C)(C)C1(C)C=CC=NC1C(N)=O. The molecule has 0 aromatic heterocycles. The molecule has 0 spiro atoms. The maximum absolute atomic E-state index is 11.3. The smallest absolute Gasteiger partial charge is 0.243 e. The average molecular weight is 194 g/mol. The van der Waals surface area contributed by atoms with Gasteiger partial charge in [0.2, 0.25) is 5.91 Å². The van der Waals surface area contributed by atoms with Gasteiger partial charge >= 0.3 is 0 Å². The highest BCUT2D eigenvalue weighted by Gasteiger charge is 2.45. The van der Waals surface area contributed by atoms with Crippen molar-refractivity contribution in [3.05, 3.63) is 12.2 Å². The van der Waals surface area contributed by atoms with Gasteiger partial charge in [-0.05, 0) is 11.5 Å². The summed E-state index contributed by atoms with van der Waals surface area (Å²) in [5, 5.41) is 0. The highest BCUT2D eigenvalue weighted by Crippen LogP contribution is 2.44. The Morgan fingerprint density at radius 1 is 1.50 bits per heavy atom. The van der Waals surface area contributed by atoms with E-state index in [0.29, 0.717) is 0 Å². The fourth-order valence-electron chi connectivity index (χ4n) is 1.65. The maximum atomic E-state index is 11.3. The Morgan fingerprint density at radius 2 is 2.07 bits per heavy atom. The Morgan fingerprint density at radius 3 is 2.43 bits per heavy atom. The van der Waals surface area contributed by atoms with Crippen LogP contribution < -0.4 is 5.73 Å². The molecule has 0 fully saturated rings. The van der Waals surface area contributed by atoms with Crippen LogP contribution in [0.1, 0.15) is 27.7 Å². The van der Waals surface area contributed by atoms with Gasteiger partial charge in [0.15, 0.2) is 0 Å². The molecule has 78 valence electrons. The van der Waals surface area contributed by atoms with Crippen LogP contribution in [0.5, 0.6) is 0 Å². The predicted molar refractivity (Wildman–Crippen MR) is 58.2 cm³/mol. The van der Waals surface area contributed by atoms with Crippen LogP contribution in [0.2, 0.25) is 0 Å². The standard InChI is InChI=1S/C11H18N2O/c1-10(2,3)11(4)6-5-7-13-8(11)9(12)14/h5-8H,1-4H3,(H2,12,14). The molecule has 1 amide bonds. The van der Waals surface area contributed by atoms with Crippen LogP contribution in [-0.4, -0.2) is 18.2 Å². The number of dihydropyridines is 1. The number of amides is 1. The largest absolute Gasteiger partial charge is 0.368 e. The summed E-state index contributed by atoms with van der Waals surface area (Å²) in [6.45, 7) is 8.30. The van der Waals surface area contributed by atoms with Gasteiger partial charge in [-0.25, -0.2) is 0 Å². The van der Waals surface area contributed by atoms with Crippen LogP contribution in [-0.2, 0) is 4.79 Å². The third-order valence-electron chi connectivity index (χ3n) is 3.22. The number of hydrogen-bond donors (Lipinski definition) is 1. The lowest BCUT2D eigenvalue weighted by Crippen LogP contribution is -2.48. The molecule has 0 radical (unpaired) electrons. The minimum absolute atomic E-state index is 0.0407. The molecular weight excluding hydrogens is 176 g/mol. The average Bonchev–Trinajstić information content (AvgIpc) is 2.02. The molecule has 1 aliphatic rings. The topological polar surface area (TPSA) is 55.4 Å². The number of aliphatic imine (C=N–C) groups is 1. The quantitative estimate of drug-likeness (QED) is 0.676. The molecule has 1 rings (SSSR count). The molecule has 2 N–H and O–H groups in total. The molecule has 2 unspecified atom stereocenters. The summed E-state index contributed by atoms with van der Waals surface area (Å²) < 4.78 is 0. The van der Waals surface area contributed by atoms with Crippen molar-refractivity contribution >= 4 is 12.1 Å². The zero-order valence-electron chi connectivity index (χ0n) is 9.24. The second-order valence-corrected chi connectivity index (χ2v) is 4.99. The summed E-state index contributed by atoms with van der Waals surface area (Å²) in [5.41, 5.74) is 5.01. The van der Waals surface area contributed by atoms with Gasteiger partial charge in [-0.2, -0.15) is 0 Å². The lowest BCUT2D eigenvalue weighted by molar-refractivity contribution is -0.122. The lowest BCUT2D eigenvalue weighted by Gasteiger charge is -2.43. The van der Waals surface area contributed by atoms with E-state index in [-0.39, 0.29) is 16.7 Å². The summed E-state index contributed by atoms with van der Waals surface area (Å²) in [6.07, 6.45) is 5.54. The fraction of sp³-hybridized carbons (Fsp3) is 0.636. The highest BCUT2D eigenvalue weighted by molar-refractivity contribution is 5.86. The van der Waals surface area contributed by atoms with E-state index in [9.17, 15) is 4.79 Å². The minimum Gasteiger partial charge on any atom is -0.368 e. The highest BCUT2D eigenvalue weighted by atomic mass is 16.1. The number of carbonyl (C=O) groups excluding carboxylic acids is 1. The van der Waals surface area contributed by atoms with E-state index in [1.165, 1.54) is 0 Å². The monoisotopic (exact) mass is 194 g/mol. The van der Waals surface area contributed by atoms with Crippen LogP contribution in [0, 0.1) is 10.8 Å². The third kappa shape index (κ3) is 1.59. The van der Waals surface area contributed by atoms with Crippen molar-refractivity contribution in [2.45, 2.75) is 33.7 Å². The van der Waals surface area contributed by atoms with E-state index in [2.05, 4.69) is 25.8 Å². The van der Waals surface area contributed by atoms with Gasteiger partial charge in [0, 0.05) is 11.6 Å². The van der Waals surface area contributed by atoms with E-state index >= 15 is 0 Å². The number of nitrogens with zero attached hydrogens (tertiary/aromatic N) is 1. The number of carbonyl (C=O) groups is 1. The second kappa shape index (κ2) is 3.23. The zero-order chi connectivity index (χ0) is 11.0. The van der Waals surface area contributed by atoms with Gasteiger partial charge in [-0.3, -0.25) is 9.79 Å². The number of nitrogens with two attached hydrogens (primary N) is 1. The van der Waals surface area contributed by atoms with E-state index in [1.54, 1.807) is 6.21 Å². The van der Waals surface area contributed by atoms with Crippen molar-refractivity contribution in [2.75, 3.05) is 0 Å². The molecule has 0 aliphatic carbocycles. The third-order valence-corrected chi connectivity index (χ3v) is 3.22. The lowest BCUT2D eigenvalue weighted by atomic mass is 9.62. The summed E-state index contributed by atoms with van der Waals surface area (Å²) in [4.78, 5) is 15.5. The molecule has 0 saturated heterocycles. The molecule has 3 heteroatoms. The number of allylic oxidation sites excluding steroid dienone is 1. The Kier molecular flexibility index (Phi) is 2.52. The molecule has 0 aromatic rings. The first kappa shape index (κ1) is 11.0. The number of rotatable bonds is 1. The van der Waals surface area contributed by atoms with E-state index < -0.39 is 6.04 Å². The Balaban J connectivity index is 3.13. The molecule has 2 atom stereocenters. The summed E-state index contributed by atoms with van der Waals surface area (Å²) in [6, 6.07) is -0.451. The van der Waals surface area contributed by atoms with Gasteiger partial charge in [0.05, 0.1) is 0 Å². The van der Waals surface area contributed by atoms with Crippen LogP contribution in [0.25, 0.3) is 0 Å². The van der Waals surface area contributed by atoms with E-state index in [0.717, 1.165) is 0 Å². The first-order valence-electron chi connectivity index (χ1n) is 4.79. The number of primary amides is 1. The molecule has 0 bridgehead atoms. The van der Waals surface area contributed by atoms with E-state index in [4.69, 9.17) is 5.73 Å².